The highest BCUT2D eigenvalue weighted by atomic mass is 28.4. The first kappa shape index (κ1) is 31.3. The van der Waals surface area contributed by atoms with Crippen LogP contribution in [0.1, 0.15) is 31.9 Å². The number of aliphatic hydroxyl groups excluding tert-OH is 2. The van der Waals surface area contributed by atoms with E-state index in [1.807, 2.05) is 97.1 Å². The molecule has 0 radical (unpaired) electrons. The lowest BCUT2D eigenvalue weighted by molar-refractivity contribution is -0.301. The lowest BCUT2D eigenvalue weighted by atomic mass is 9.98. The summed E-state index contributed by atoms with van der Waals surface area (Å²) in [5.41, 5.74) is 1.94. The second-order valence-corrected chi connectivity index (χ2v) is 16.3. The second kappa shape index (κ2) is 14.1. The molecular formula is C36H42O6Si. The SMILES string of the molecule is CC(C)(C)[Si](O[C@H]1O[C@H](CO)[C@@H](O)[C@H](OCc2ccccc2)[C@H]1OCc1ccccc1)(c1ccccc1)c1ccccc1. The van der Waals surface area contributed by atoms with Crippen molar-refractivity contribution in [2.24, 2.45) is 0 Å². The normalized spacial score (nSPS) is 22.8. The third-order valence-corrected chi connectivity index (χ3v) is 13.1. The lowest BCUT2D eigenvalue weighted by Gasteiger charge is -2.50. The fraction of sp³-hybridized carbons (Fsp3) is 0.333. The summed E-state index contributed by atoms with van der Waals surface area (Å²) in [4.78, 5) is 0. The van der Waals surface area contributed by atoms with E-state index in [4.69, 9.17) is 18.6 Å². The summed E-state index contributed by atoms with van der Waals surface area (Å²) in [5, 5.41) is 23.6. The Balaban J connectivity index is 1.58. The zero-order valence-electron chi connectivity index (χ0n) is 25.1. The van der Waals surface area contributed by atoms with Crippen LogP contribution in [0.4, 0.5) is 0 Å². The summed E-state index contributed by atoms with van der Waals surface area (Å²) in [6, 6.07) is 40.3. The Kier molecular flexibility index (Phi) is 10.3. The van der Waals surface area contributed by atoms with E-state index in [-0.39, 0.29) is 18.3 Å². The molecular weight excluding hydrogens is 556 g/mol. The zero-order chi connectivity index (χ0) is 30.3. The van der Waals surface area contributed by atoms with Gasteiger partial charge in [-0.1, -0.05) is 142 Å². The Morgan fingerprint density at radius 3 is 1.49 bits per heavy atom. The van der Waals surface area contributed by atoms with E-state index >= 15 is 0 Å². The molecule has 1 fully saturated rings. The third kappa shape index (κ3) is 7.00. The first-order chi connectivity index (χ1) is 20.8. The van der Waals surface area contributed by atoms with Gasteiger partial charge in [0.1, 0.15) is 24.4 Å². The molecule has 0 unspecified atom stereocenters. The van der Waals surface area contributed by atoms with E-state index in [0.717, 1.165) is 21.5 Å². The van der Waals surface area contributed by atoms with Crippen molar-refractivity contribution >= 4 is 18.7 Å². The Hall–Kier alpha value is -3.14. The molecule has 5 atom stereocenters. The van der Waals surface area contributed by atoms with Crippen LogP contribution >= 0.6 is 0 Å². The van der Waals surface area contributed by atoms with Gasteiger partial charge in [0, 0.05) is 0 Å². The Morgan fingerprint density at radius 1 is 0.651 bits per heavy atom. The largest absolute Gasteiger partial charge is 0.394 e. The van der Waals surface area contributed by atoms with Crippen LogP contribution in [0, 0.1) is 0 Å². The molecule has 1 saturated heterocycles. The number of hydrogen-bond donors (Lipinski definition) is 2. The molecule has 5 rings (SSSR count). The molecule has 0 saturated carbocycles. The first-order valence-corrected chi connectivity index (χ1v) is 16.8. The van der Waals surface area contributed by atoms with Crippen LogP contribution in [0.5, 0.6) is 0 Å². The molecule has 4 aromatic carbocycles. The smallest absolute Gasteiger partial charge is 0.264 e. The quantitative estimate of drug-likeness (QED) is 0.241. The van der Waals surface area contributed by atoms with Crippen LogP contribution in [0.15, 0.2) is 121 Å². The fourth-order valence-corrected chi connectivity index (χ4v) is 10.5. The molecule has 43 heavy (non-hydrogen) atoms. The van der Waals surface area contributed by atoms with Crippen LogP contribution in [-0.2, 0) is 31.9 Å². The van der Waals surface area contributed by atoms with Gasteiger partial charge in [0.15, 0.2) is 6.29 Å². The van der Waals surface area contributed by atoms with Gasteiger partial charge in [-0.2, -0.15) is 0 Å². The fourth-order valence-electron chi connectivity index (χ4n) is 5.90. The monoisotopic (exact) mass is 598 g/mol. The lowest BCUT2D eigenvalue weighted by Crippen LogP contribution is -2.71. The van der Waals surface area contributed by atoms with Gasteiger partial charge in [-0.15, -0.1) is 0 Å². The van der Waals surface area contributed by atoms with E-state index in [1.165, 1.54) is 0 Å². The van der Waals surface area contributed by atoms with Crippen molar-refractivity contribution in [1.82, 2.24) is 0 Å². The van der Waals surface area contributed by atoms with Crippen LogP contribution in [0.3, 0.4) is 0 Å². The van der Waals surface area contributed by atoms with Crippen molar-refractivity contribution in [2.45, 2.75) is 69.7 Å². The minimum absolute atomic E-state index is 0.262. The molecule has 0 bridgehead atoms. The molecule has 4 aromatic rings. The Bertz CT molecular complexity index is 1340. The summed E-state index contributed by atoms with van der Waals surface area (Å²) in [6.45, 7) is 6.74. The van der Waals surface area contributed by atoms with Crippen molar-refractivity contribution in [3.8, 4) is 0 Å². The van der Waals surface area contributed by atoms with Gasteiger partial charge in [-0.3, -0.25) is 0 Å². The van der Waals surface area contributed by atoms with Gasteiger partial charge < -0.3 is 28.8 Å². The zero-order valence-corrected chi connectivity index (χ0v) is 26.1. The van der Waals surface area contributed by atoms with Crippen LogP contribution in [0.25, 0.3) is 0 Å². The minimum atomic E-state index is -3.09. The van der Waals surface area contributed by atoms with Gasteiger partial charge in [-0.05, 0) is 26.5 Å². The number of aliphatic hydroxyl groups is 2. The van der Waals surface area contributed by atoms with Crippen molar-refractivity contribution < 1.29 is 28.8 Å². The van der Waals surface area contributed by atoms with Crippen LogP contribution in [0.2, 0.25) is 5.04 Å². The molecule has 2 N–H and O–H groups in total. The molecule has 0 amide bonds. The first-order valence-electron chi connectivity index (χ1n) is 14.9. The molecule has 6 nitrogen and oxygen atoms in total. The predicted molar refractivity (Wildman–Crippen MR) is 170 cm³/mol. The summed E-state index contributed by atoms with van der Waals surface area (Å²) in [6.07, 6.45) is -4.59. The van der Waals surface area contributed by atoms with Crippen molar-refractivity contribution in [3.05, 3.63) is 132 Å². The van der Waals surface area contributed by atoms with Crippen molar-refractivity contribution in [3.63, 3.8) is 0 Å². The molecule has 0 aromatic heterocycles. The summed E-state index contributed by atoms with van der Waals surface area (Å²) in [7, 11) is -3.09. The van der Waals surface area contributed by atoms with Gasteiger partial charge in [-0.25, -0.2) is 0 Å². The highest BCUT2D eigenvalue weighted by molar-refractivity contribution is 6.99. The minimum Gasteiger partial charge on any atom is -0.394 e. The second-order valence-electron chi connectivity index (χ2n) is 12.0. The average Bonchev–Trinajstić information content (AvgIpc) is 3.04. The number of hydrogen-bond acceptors (Lipinski definition) is 6. The molecule has 0 spiro atoms. The maximum Gasteiger partial charge on any atom is 0.264 e. The van der Waals surface area contributed by atoms with Gasteiger partial charge in [0.2, 0.25) is 0 Å². The highest BCUT2D eigenvalue weighted by Crippen LogP contribution is 2.40. The maximum absolute atomic E-state index is 11.5. The molecule has 0 aliphatic carbocycles. The van der Waals surface area contributed by atoms with E-state index < -0.39 is 45.6 Å². The van der Waals surface area contributed by atoms with E-state index in [0.29, 0.717) is 0 Å². The standard InChI is InChI=1S/C36H42O6Si/c1-36(2,3)43(29-20-12-6-13-21-29,30-22-14-7-15-23-30)42-35-34(40-26-28-18-10-5-11-19-28)33(32(38)31(24-37)41-35)39-25-27-16-8-4-9-17-27/h4-23,31-35,37-38H,24-26H2,1-3H3/t31-,32-,33+,34-,35-/m1/s1. The van der Waals surface area contributed by atoms with Crippen molar-refractivity contribution in [1.29, 1.82) is 0 Å². The maximum atomic E-state index is 11.5. The van der Waals surface area contributed by atoms with Crippen molar-refractivity contribution in [2.75, 3.05) is 6.61 Å². The summed E-state index contributed by atoms with van der Waals surface area (Å²) >= 11 is 0. The van der Waals surface area contributed by atoms with E-state index in [1.54, 1.807) is 0 Å². The Morgan fingerprint density at radius 2 is 1.07 bits per heavy atom. The summed E-state index contributed by atoms with van der Waals surface area (Å²) < 4.78 is 26.8. The average molecular weight is 599 g/mol. The molecule has 1 aliphatic rings. The number of ether oxygens (including phenoxy) is 3. The van der Waals surface area contributed by atoms with E-state index in [9.17, 15) is 10.2 Å². The highest BCUT2D eigenvalue weighted by Gasteiger charge is 2.56. The van der Waals surface area contributed by atoms with Crippen LogP contribution < -0.4 is 10.4 Å². The van der Waals surface area contributed by atoms with Gasteiger partial charge in [0.25, 0.3) is 8.32 Å². The van der Waals surface area contributed by atoms with Gasteiger partial charge in [0.05, 0.1) is 19.8 Å². The topological polar surface area (TPSA) is 77.4 Å². The number of benzene rings is 4. The molecule has 1 aliphatic heterocycles. The molecule has 7 heteroatoms. The predicted octanol–water partition coefficient (Wildman–Crippen LogP) is 4.81. The van der Waals surface area contributed by atoms with Gasteiger partial charge >= 0.3 is 0 Å². The summed E-state index contributed by atoms with van der Waals surface area (Å²) in [5.74, 6) is 0. The molecule has 1 heterocycles. The third-order valence-electron chi connectivity index (χ3n) is 8.08. The van der Waals surface area contributed by atoms with Crippen LogP contribution in [-0.4, -0.2) is 55.8 Å². The number of rotatable bonds is 11. The van der Waals surface area contributed by atoms with E-state index in [2.05, 4.69) is 45.0 Å². The molecule has 226 valence electrons. The Labute approximate surface area is 256 Å².